The molecule has 0 aromatic carbocycles. The second kappa shape index (κ2) is 7.89. The number of rotatable bonds is 5. The molecule has 1 fully saturated rings. The summed E-state index contributed by atoms with van der Waals surface area (Å²) in [6.07, 6.45) is 8.83. The largest absolute Gasteiger partial charge is 0.310 e. The summed E-state index contributed by atoms with van der Waals surface area (Å²) in [4.78, 5) is 16.4. The van der Waals surface area contributed by atoms with E-state index >= 15 is 0 Å². The quantitative estimate of drug-likeness (QED) is 0.869. The van der Waals surface area contributed by atoms with Gasteiger partial charge in [0.05, 0.1) is 10.3 Å². The Labute approximate surface area is 129 Å². The number of nitrogens with one attached hydrogen (secondary N) is 1. The average Bonchev–Trinajstić information content (AvgIpc) is 2.48. The van der Waals surface area contributed by atoms with Crippen LogP contribution in [0, 0.1) is 0 Å². The van der Waals surface area contributed by atoms with Gasteiger partial charge in [-0.25, -0.2) is 4.98 Å². The lowest BCUT2D eigenvalue weighted by atomic mass is 10.0. The van der Waals surface area contributed by atoms with Crippen LogP contribution in [0.15, 0.2) is 18.3 Å². The van der Waals surface area contributed by atoms with Gasteiger partial charge in [-0.1, -0.05) is 37.8 Å². The van der Waals surface area contributed by atoms with E-state index in [9.17, 15) is 4.79 Å². The summed E-state index contributed by atoms with van der Waals surface area (Å²) < 4.78 is 0. The van der Waals surface area contributed by atoms with Crippen molar-refractivity contribution >= 4 is 35.1 Å². The highest BCUT2D eigenvalue weighted by molar-refractivity contribution is 8.01. The number of thioether (sulfide) groups is 1. The van der Waals surface area contributed by atoms with Crippen LogP contribution in [0.2, 0.25) is 5.02 Å². The molecule has 0 aliphatic heterocycles. The van der Waals surface area contributed by atoms with Gasteiger partial charge < -0.3 is 5.32 Å². The van der Waals surface area contributed by atoms with Crippen molar-refractivity contribution in [3.63, 3.8) is 0 Å². The lowest BCUT2D eigenvalue weighted by Gasteiger charge is -2.25. The van der Waals surface area contributed by atoms with E-state index in [0.717, 1.165) is 6.42 Å². The summed E-state index contributed by atoms with van der Waals surface area (Å²) in [5.41, 5.74) is 0. The zero-order valence-electron chi connectivity index (χ0n) is 11.8. The van der Waals surface area contributed by atoms with Crippen LogP contribution < -0.4 is 5.32 Å². The smallest absolute Gasteiger partial charge is 0.238 e. The molecule has 0 spiro atoms. The van der Waals surface area contributed by atoms with Crippen LogP contribution >= 0.6 is 23.4 Å². The number of anilines is 1. The van der Waals surface area contributed by atoms with Crippen molar-refractivity contribution in [3.8, 4) is 0 Å². The normalized spacial score (nSPS) is 17.7. The van der Waals surface area contributed by atoms with Gasteiger partial charge >= 0.3 is 0 Å². The molecule has 5 heteroatoms. The van der Waals surface area contributed by atoms with E-state index < -0.39 is 0 Å². The third-order valence-corrected chi connectivity index (χ3v) is 5.51. The fourth-order valence-electron chi connectivity index (χ4n) is 2.43. The summed E-state index contributed by atoms with van der Waals surface area (Å²) in [5.74, 6) is 0.625. The standard InChI is InChI=1S/C15H21ClN2OS/c1-2-13(20-12-6-4-3-5-7-12)15(19)18-14-9-8-11(16)10-17-14/h8-10,12-13H,2-7H2,1H3,(H,17,18,19). The Morgan fingerprint density at radius 1 is 1.45 bits per heavy atom. The second-order valence-corrected chi connectivity index (χ2v) is 7.09. The van der Waals surface area contributed by atoms with Crippen LogP contribution in [0.5, 0.6) is 0 Å². The Hall–Kier alpha value is -0.740. The first-order valence-electron chi connectivity index (χ1n) is 7.27. The first-order valence-corrected chi connectivity index (χ1v) is 8.59. The molecule has 1 N–H and O–H groups in total. The predicted molar refractivity (Wildman–Crippen MR) is 86.4 cm³/mol. The highest BCUT2D eigenvalue weighted by atomic mass is 35.5. The molecule has 1 heterocycles. The number of nitrogens with zero attached hydrogens (tertiary/aromatic N) is 1. The lowest BCUT2D eigenvalue weighted by molar-refractivity contribution is -0.115. The summed E-state index contributed by atoms with van der Waals surface area (Å²) in [5, 5.41) is 4.10. The lowest BCUT2D eigenvalue weighted by Crippen LogP contribution is -2.27. The maximum Gasteiger partial charge on any atom is 0.238 e. The van der Waals surface area contributed by atoms with Crippen molar-refractivity contribution in [2.24, 2.45) is 0 Å². The van der Waals surface area contributed by atoms with Gasteiger partial charge in [-0.2, -0.15) is 0 Å². The first kappa shape index (κ1) is 15.6. The number of hydrogen-bond acceptors (Lipinski definition) is 3. The molecule has 1 amide bonds. The Morgan fingerprint density at radius 2 is 2.20 bits per heavy atom. The number of hydrogen-bond donors (Lipinski definition) is 1. The van der Waals surface area contributed by atoms with E-state index in [4.69, 9.17) is 11.6 Å². The van der Waals surface area contributed by atoms with E-state index in [1.165, 1.54) is 32.1 Å². The molecular formula is C15H21ClN2OS. The number of carbonyl (C=O) groups excluding carboxylic acids is 1. The number of aromatic nitrogens is 1. The third-order valence-electron chi connectivity index (χ3n) is 3.55. The molecule has 1 atom stereocenters. The van der Waals surface area contributed by atoms with E-state index in [-0.39, 0.29) is 11.2 Å². The molecular weight excluding hydrogens is 292 g/mol. The fourth-order valence-corrected chi connectivity index (χ4v) is 3.99. The van der Waals surface area contributed by atoms with E-state index in [2.05, 4.69) is 17.2 Å². The number of halogens is 1. The molecule has 1 saturated carbocycles. The Morgan fingerprint density at radius 3 is 2.80 bits per heavy atom. The maximum atomic E-state index is 12.3. The maximum absolute atomic E-state index is 12.3. The van der Waals surface area contributed by atoms with Crippen molar-refractivity contribution in [3.05, 3.63) is 23.4 Å². The topological polar surface area (TPSA) is 42.0 Å². The number of amides is 1. The van der Waals surface area contributed by atoms with Crippen molar-refractivity contribution in [2.45, 2.75) is 55.9 Å². The van der Waals surface area contributed by atoms with Crippen LogP contribution in [-0.4, -0.2) is 21.4 Å². The molecule has 0 saturated heterocycles. The molecule has 1 aliphatic rings. The van der Waals surface area contributed by atoms with Gasteiger partial charge in [0.25, 0.3) is 0 Å². The molecule has 0 bridgehead atoms. The van der Waals surface area contributed by atoms with Crippen molar-refractivity contribution in [1.29, 1.82) is 0 Å². The first-order chi connectivity index (χ1) is 9.69. The number of carbonyl (C=O) groups is 1. The van der Waals surface area contributed by atoms with E-state index in [1.54, 1.807) is 18.3 Å². The minimum Gasteiger partial charge on any atom is -0.310 e. The Balaban J connectivity index is 1.89. The zero-order chi connectivity index (χ0) is 14.4. The zero-order valence-corrected chi connectivity index (χ0v) is 13.3. The summed E-state index contributed by atoms with van der Waals surface area (Å²) in [7, 11) is 0. The molecule has 3 nitrogen and oxygen atoms in total. The van der Waals surface area contributed by atoms with Gasteiger partial charge in [0.2, 0.25) is 5.91 Å². The monoisotopic (exact) mass is 312 g/mol. The van der Waals surface area contributed by atoms with Crippen molar-refractivity contribution in [2.75, 3.05) is 5.32 Å². The highest BCUT2D eigenvalue weighted by Crippen LogP contribution is 2.32. The van der Waals surface area contributed by atoms with Crippen LogP contribution in [0.4, 0.5) is 5.82 Å². The molecule has 1 aliphatic carbocycles. The fraction of sp³-hybridized carbons (Fsp3) is 0.600. The van der Waals surface area contributed by atoms with E-state index in [0.29, 0.717) is 16.1 Å². The minimum atomic E-state index is 0.00979. The third kappa shape index (κ3) is 4.67. The summed E-state index contributed by atoms with van der Waals surface area (Å²) in [6.45, 7) is 2.06. The van der Waals surface area contributed by atoms with Gasteiger partial charge in [0.15, 0.2) is 0 Å². The van der Waals surface area contributed by atoms with Gasteiger partial charge in [0.1, 0.15) is 5.82 Å². The van der Waals surface area contributed by atoms with Crippen molar-refractivity contribution < 1.29 is 4.79 Å². The van der Waals surface area contributed by atoms with Crippen LogP contribution in [0.1, 0.15) is 45.4 Å². The Kier molecular flexibility index (Phi) is 6.17. The second-order valence-electron chi connectivity index (χ2n) is 5.14. The van der Waals surface area contributed by atoms with Crippen LogP contribution in [0.25, 0.3) is 0 Å². The highest BCUT2D eigenvalue weighted by Gasteiger charge is 2.23. The summed E-state index contributed by atoms with van der Waals surface area (Å²) in [6, 6.07) is 3.47. The van der Waals surface area contributed by atoms with Crippen molar-refractivity contribution in [1.82, 2.24) is 4.98 Å². The predicted octanol–water partition coefficient (Wildman–Crippen LogP) is 4.52. The van der Waals surface area contributed by atoms with Crippen LogP contribution in [-0.2, 0) is 4.79 Å². The van der Waals surface area contributed by atoms with E-state index in [1.807, 2.05) is 11.8 Å². The van der Waals surface area contributed by atoms with Crippen LogP contribution in [0.3, 0.4) is 0 Å². The SMILES string of the molecule is CCC(SC1CCCCC1)C(=O)Nc1ccc(Cl)cn1. The summed E-state index contributed by atoms with van der Waals surface area (Å²) >= 11 is 7.62. The molecule has 20 heavy (non-hydrogen) atoms. The molecule has 1 aromatic heterocycles. The molecule has 2 rings (SSSR count). The molecule has 0 radical (unpaired) electrons. The average molecular weight is 313 g/mol. The van der Waals surface area contributed by atoms with Gasteiger partial charge in [-0.15, -0.1) is 11.8 Å². The minimum absolute atomic E-state index is 0.00979. The molecule has 110 valence electrons. The van der Waals surface area contributed by atoms with Gasteiger partial charge in [0, 0.05) is 11.4 Å². The van der Waals surface area contributed by atoms with Gasteiger partial charge in [-0.3, -0.25) is 4.79 Å². The number of pyridine rings is 1. The Bertz CT molecular complexity index is 432. The molecule has 1 unspecified atom stereocenters. The van der Waals surface area contributed by atoms with Gasteiger partial charge in [-0.05, 0) is 31.4 Å². The molecule has 1 aromatic rings.